The minimum absolute atomic E-state index is 0.0439. The van der Waals surface area contributed by atoms with E-state index in [1.54, 1.807) is 35.6 Å². The third-order valence-electron chi connectivity index (χ3n) is 11.5. The Morgan fingerprint density at radius 2 is 1.64 bits per heavy atom. The quantitative estimate of drug-likeness (QED) is 0.151. The van der Waals surface area contributed by atoms with Gasteiger partial charge in [0.25, 0.3) is 11.8 Å². The molecule has 0 radical (unpaired) electrons. The van der Waals surface area contributed by atoms with Crippen LogP contribution in [0.25, 0.3) is 21.6 Å². The van der Waals surface area contributed by atoms with Crippen LogP contribution in [0.5, 0.6) is 5.75 Å². The SMILES string of the molecule is Cc1cc(CN)cc(C)c1NC(=O)c1cc2c(cc1-c1ccc(C(=O)NCC34CC5CC(CC(C5)C3)C4)nc1C(=O)O)OCCc1ccsc1-2. The lowest BCUT2D eigenvalue weighted by Crippen LogP contribution is -2.51. The number of carbonyl (C=O) groups excluding carboxylic acids is 2. The highest BCUT2D eigenvalue weighted by Gasteiger charge is 2.50. The summed E-state index contributed by atoms with van der Waals surface area (Å²) in [5.41, 5.74) is 11.9. The highest BCUT2D eigenvalue weighted by atomic mass is 32.1. The van der Waals surface area contributed by atoms with Gasteiger partial charge in [-0.2, -0.15) is 0 Å². The molecule has 9 rings (SSSR count). The molecule has 0 saturated heterocycles. The van der Waals surface area contributed by atoms with Gasteiger partial charge >= 0.3 is 5.97 Å². The molecule has 4 aromatic rings. The van der Waals surface area contributed by atoms with E-state index < -0.39 is 11.9 Å². The lowest BCUT2D eigenvalue weighted by Gasteiger charge is -2.56. The summed E-state index contributed by atoms with van der Waals surface area (Å²) in [5, 5.41) is 18.7. The predicted octanol–water partition coefficient (Wildman–Crippen LogP) is 7.38. The van der Waals surface area contributed by atoms with Crippen molar-refractivity contribution in [2.75, 3.05) is 18.5 Å². The van der Waals surface area contributed by atoms with Gasteiger partial charge in [-0.1, -0.05) is 12.1 Å². The van der Waals surface area contributed by atoms with Crippen molar-refractivity contribution in [3.05, 3.63) is 87.0 Å². The molecule has 4 bridgehead atoms. The second-order valence-corrected chi connectivity index (χ2v) is 15.9. The summed E-state index contributed by atoms with van der Waals surface area (Å²) in [6.07, 6.45) is 8.13. The number of rotatable bonds is 8. The summed E-state index contributed by atoms with van der Waals surface area (Å²) in [6, 6.07) is 12.6. The number of carbonyl (C=O) groups is 3. The van der Waals surface area contributed by atoms with E-state index >= 15 is 0 Å². The molecule has 1 aliphatic heterocycles. The number of benzene rings is 2. The average molecular weight is 691 g/mol. The van der Waals surface area contributed by atoms with Crippen LogP contribution in [0.15, 0.2) is 47.8 Å². The van der Waals surface area contributed by atoms with E-state index in [1.165, 1.54) is 19.3 Å². The Bertz CT molecular complexity index is 1990. The molecule has 2 aromatic heterocycles. The maximum atomic E-state index is 14.3. The molecule has 4 saturated carbocycles. The maximum Gasteiger partial charge on any atom is 0.355 e. The summed E-state index contributed by atoms with van der Waals surface area (Å²) in [4.78, 5) is 46.0. The summed E-state index contributed by atoms with van der Waals surface area (Å²) >= 11 is 1.58. The molecular formula is C40H42N4O5S. The van der Waals surface area contributed by atoms with Gasteiger partial charge in [-0.05, 0) is 134 Å². The normalized spacial score (nSPS) is 23.0. The monoisotopic (exact) mass is 690 g/mol. The number of carboxylic acids is 1. The van der Waals surface area contributed by atoms with Gasteiger partial charge in [0.1, 0.15) is 11.4 Å². The number of nitrogens with zero attached hydrogens (tertiary/aromatic N) is 1. The Labute approximate surface area is 295 Å². The third kappa shape index (κ3) is 5.88. The molecule has 258 valence electrons. The number of nitrogens with one attached hydrogen (secondary N) is 2. The van der Waals surface area contributed by atoms with E-state index in [4.69, 9.17) is 10.5 Å². The molecule has 9 nitrogen and oxygen atoms in total. The van der Waals surface area contributed by atoms with Crippen molar-refractivity contribution in [3.8, 4) is 27.3 Å². The van der Waals surface area contributed by atoms with Crippen molar-refractivity contribution in [2.24, 2.45) is 28.9 Å². The zero-order valence-electron chi connectivity index (χ0n) is 28.4. The van der Waals surface area contributed by atoms with Gasteiger partial charge < -0.3 is 26.2 Å². The van der Waals surface area contributed by atoms with Crippen LogP contribution in [0.3, 0.4) is 0 Å². The van der Waals surface area contributed by atoms with Crippen molar-refractivity contribution < 1.29 is 24.2 Å². The number of nitrogens with two attached hydrogens (primary N) is 1. The molecule has 4 fully saturated rings. The number of fused-ring (bicyclic) bond motifs is 3. The first-order valence-corrected chi connectivity index (χ1v) is 18.5. The van der Waals surface area contributed by atoms with Crippen molar-refractivity contribution >= 4 is 34.8 Å². The Hall–Kier alpha value is -4.54. The molecule has 2 amide bonds. The van der Waals surface area contributed by atoms with Crippen LogP contribution in [0, 0.1) is 37.0 Å². The van der Waals surface area contributed by atoms with Gasteiger partial charge in [0.05, 0.1) is 6.61 Å². The number of aromatic nitrogens is 1. The van der Waals surface area contributed by atoms with Gasteiger partial charge in [0, 0.05) is 52.3 Å². The number of aryl methyl sites for hydroxylation is 2. The van der Waals surface area contributed by atoms with E-state index in [0.29, 0.717) is 43.1 Å². The molecule has 0 atom stereocenters. The van der Waals surface area contributed by atoms with Crippen LogP contribution in [-0.2, 0) is 13.0 Å². The van der Waals surface area contributed by atoms with E-state index in [1.807, 2.05) is 31.4 Å². The predicted molar refractivity (Wildman–Crippen MR) is 194 cm³/mol. The second-order valence-electron chi connectivity index (χ2n) is 15.0. The molecule has 5 aliphatic rings. The first-order chi connectivity index (χ1) is 24.1. The lowest BCUT2D eigenvalue weighted by atomic mass is 9.49. The molecule has 5 N–H and O–H groups in total. The first-order valence-electron chi connectivity index (χ1n) is 17.6. The van der Waals surface area contributed by atoms with Gasteiger partial charge in [-0.15, -0.1) is 11.3 Å². The van der Waals surface area contributed by atoms with E-state index in [0.717, 1.165) is 69.7 Å². The van der Waals surface area contributed by atoms with Gasteiger partial charge in [-0.3, -0.25) is 9.59 Å². The van der Waals surface area contributed by atoms with Crippen LogP contribution >= 0.6 is 11.3 Å². The Kier molecular flexibility index (Phi) is 8.26. The highest BCUT2D eigenvalue weighted by molar-refractivity contribution is 7.13. The van der Waals surface area contributed by atoms with E-state index in [2.05, 4.69) is 21.7 Å². The smallest absolute Gasteiger partial charge is 0.355 e. The van der Waals surface area contributed by atoms with Crippen molar-refractivity contribution in [3.63, 3.8) is 0 Å². The summed E-state index contributed by atoms with van der Waals surface area (Å²) < 4.78 is 6.19. The molecule has 50 heavy (non-hydrogen) atoms. The summed E-state index contributed by atoms with van der Waals surface area (Å²) in [7, 11) is 0. The highest BCUT2D eigenvalue weighted by Crippen LogP contribution is 2.59. The number of aromatic carboxylic acids is 1. The standard InChI is InChI=1S/C40H42N4O5S/c1-21-9-26(19-41)10-22(2)34(21)44-37(45)30-14-31-33(49-7-5-27-6-8-50-36(27)31)15-29(30)28-3-4-32(43-35(28)39(47)48)38(46)42-20-40-16-23-11-24(17-40)13-25(12-23)18-40/h3-4,6,8-10,14-15,23-25H,5,7,11-13,16-20,41H2,1-2H3,(H,42,46)(H,44,45)(H,47,48). The molecular weight excluding hydrogens is 649 g/mol. The van der Waals surface area contributed by atoms with Crippen LogP contribution in [0.1, 0.15) is 92.1 Å². The molecule has 10 heteroatoms. The first kappa shape index (κ1) is 32.7. The minimum atomic E-state index is -1.29. The third-order valence-corrected chi connectivity index (χ3v) is 12.5. The number of carboxylic acid groups (broad SMARTS) is 1. The molecule has 4 aliphatic carbocycles. The average Bonchev–Trinajstić information content (AvgIpc) is 3.48. The number of anilines is 1. The fraction of sp³-hybridized carbons (Fsp3) is 0.400. The Balaban J connectivity index is 1.16. The fourth-order valence-electron chi connectivity index (χ4n) is 9.71. The van der Waals surface area contributed by atoms with Crippen molar-refractivity contribution in [2.45, 2.75) is 65.3 Å². The number of hydrogen-bond acceptors (Lipinski definition) is 7. The van der Waals surface area contributed by atoms with Crippen molar-refractivity contribution in [1.82, 2.24) is 10.3 Å². The molecule has 0 spiro atoms. The Morgan fingerprint density at radius 1 is 0.940 bits per heavy atom. The number of thiophene rings is 1. The molecule has 0 unspecified atom stereocenters. The largest absolute Gasteiger partial charge is 0.493 e. The lowest BCUT2D eigenvalue weighted by molar-refractivity contribution is -0.0503. The van der Waals surface area contributed by atoms with Crippen LogP contribution < -0.4 is 21.1 Å². The maximum absolute atomic E-state index is 14.3. The Morgan fingerprint density at radius 3 is 2.30 bits per heavy atom. The zero-order valence-corrected chi connectivity index (χ0v) is 29.3. The van der Waals surface area contributed by atoms with E-state index in [9.17, 15) is 19.5 Å². The minimum Gasteiger partial charge on any atom is -0.493 e. The number of amides is 2. The van der Waals surface area contributed by atoms with Gasteiger partial charge in [0.15, 0.2) is 5.69 Å². The van der Waals surface area contributed by atoms with Gasteiger partial charge in [-0.25, -0.2) is 9.78 Å². The number of hydrogen-bond donors (Lipinski definition) is 4. The number of pyridine rings is 1. The second kappa shape index (κ2) is 12.7. The summed E-state index contributed by atoms with van der Waals surface area (Å²) in [6.45, 7) is 5.26. The van der Waals surface area contributed by atoms with Crippen molar-refractivity contribution in [1.29, 1.82) is 0 Å². The molecule has 3 heterocycles. The zero-order chi connectivity index (χ0) is 34.7. The topological polar surface area (TPSA) is 144 Å². The van der Waals surface area contributed by atoms with Crippen LogP contribution in [0.2, 0.25) is 0 Å². The van der Waals surface area contributed by atoms with Crippen LogP contribution in [-0.4, -0.2) is 41.0 Å². The summed E-state index contributed by atoms with van der Waals surface area (Å²) in [5.74, 6) is 0.773. The van der Waals surface area contributed by atoms with E-state index in [-0.39, 0.29) is 33.8 Å². The number of ether oxygens (including phenoxy) is 1. The van der Waals surface area contributed by atoms with Crippen LogP contribution in [0.4, 0.5) is 5.69 Å². The fourth-order valence-corrected chi connectivity index (χ4v) is 10.7. The van der Waals surface area contributed by atoms with Gasteiger partial charge in [0.2, 0.25) is 0 Å². The molecule has 2 aromatic carbocycles.